The molecule has 1 saturated heterocycles. The van der Waals surface area contributed by atoms with Crippen molar-refractivity contribution in [1.82, 2.24) is 10.6 Å². The van der Waals surface area contributed by atoms with Gasteiger partial charge in [-0.3, -0.25) is 0 Å². The Hall–Kier alpha value is -1.26. The van der Waals surface area contributed by atoms with E-state index in [9.17, 15) is 4.79 Å². The summed E-state index contributed by atoms with van der Waals surface area (Å²) >= 11 is 5.89. The van der Waals surface area contributed by atoms with Crippen LogP contribution in [0.3, 0.4) is 0 Å². The van der Waals surface area contributed by atoms with Crippen LogP contribution in [-0.4, -0.2) is 24.8 Å². The fourth-order valence-corrected chi connectivity index (χ4v) is 2.39. The van der Waals surface area contributed by atoms with Gasteiger partial charge in [-0.05, 0) is 37.5 Å². The number of ether oxygens (including phenoxy) is 1. The van der Waals surface area contributed by atoms with Crippen LogP contribution in [-0.2, 0) is 11.3 Å². The molecule has 1 aliphatic heterocycles. The molecule has 0 saturated carbocycles. The van der Waals surface area contributed by atoms with E-state index in [0.717, 1.165) is 25.0 Å². The number of rotatable bonds is 4. The summed E-state index contributed by atoms with van der Waals surface area (Å²) in [7, 11) is 0. The lowest BCUT2D eigenvalue weighted by Gasteiger charge is -2.20. The van der Waals surface area contributed by atoms with Gasteiger partial charge in [-0.15, -0.1) is 0 Å². The molecule has 1 fully saturated rings. The molecule has 1 aromatic carbocycles. The third-order valence-electron chi connectivity index (χ3n) is 3.22. The lowest BCUT2D eigenvalue weighted by molar-refractivity contribution is 0.0860. The second-order valence-electron chi connectivity index (χ2n) is 4.80. The van der Waals surface area contributed by atoms with Crippen LogP contribution in [0.2, 0.25) is 5.02 Å². The number of urea groups is 1. The molecule has 0 bridgehead atoms. The van der Waals surface area contributed by atoms with Gasteiger partial charge in [0, 0.05) is 18.2 Å². The summed E-state index contributed by atoms with van der Waals surface area (Å²) in [5.74, 6) is 0. The highest BCUT2D eigenvalue weighted by Gasteiger charge is 2.23. The van der Waals surface area contributed by atoms with E-state index in [4.69, 9.17) is 16.3 Å². The summed E-state index contributed by atoms with van der Waals surface area (Å²) in [6, 6.07) is 7.29. The van der Waals surface area contributed by atoms with E-state index in [1.54, 1.807) is 0 Å². The van der Waals surface area contributed by atoms with Gasteiger partial charge in [0.05, 0.1) is 12.1 Å². The number of halogens is 1. The van der Waals surface area contributed by atoms with E-state index in [1.165, 1.54) is 0 Å². The van der Waals surface area contributed by atoms with Crippen LogP contribution in [0.5, 0.6) is 0 Å². The first-order chi connectivity index (χ1) is 9.15. The number of carbonyl (C=O) groups excluding carboxylic acids is 1. The van der Waals surface area contributed by atoms with Gasteiger partial charge in [0.15, 0.2) is 0 Å². The molecule has 0 aliphatic carbocycles. The molecule has 0 radical (unpaired) electrons. The SMILES string of the molecule is CC(NC(=O)NCc1cccc(Cl)c1)C1CCCO1. The number of hydrogen-bond donors (Lipinski definition) is 2. The third kappa shape index (κ3) is 4.40. The standard InChI is InChI=1S/C14H19ClN2O2/c1-10(13-6-3-7-19-13)17-14(18)16-9-11-4-2-5-12(15)8-11/h2,4-5,8,10,13H,3,6-7,9H2,1H3,(H2,16,17,18). The van der Waals surface area contributed by atoms with Crippen molar-refractivity contribution in [3.63, 3.8) is 0 Å². The molecular formula is C14H19ClN2O2. The number of hydrogen-bond acceptors (Lipinski definition) is 2. The Labute approximate surface area is 118 Å². The Bertz CT molecular complexity index is 433. The lowest BCUT2D eigenvalue weighted by atomic mass is 10.1. The zero-order chi connectivity index (χ0) is 13.7. The fourth-order valence-electron chi connectivity index (χ4n) is 2.18. The molecule has 19 heavy (non-hydrogen) atoms. The Balaban J connectivity index is 1.75. The van der Waals surface area contributed by atoms with Gasteiger partial charge in [0.2, 0.25) is 0 Å². The normalized spacial score (nSPS) is 20.0. The van der Waals surface area contributed by atoms with E-state index >= 15 is 0 Å². The Morgan fingerprint density at radius 1 is 1.58 bits per heavy atom. The summed E-state index contributed by atoms with van der Waals surface area (Å²) in [5, 5.41) is 6.39. The molecule has 2 N–H and O–H groups in total. The molecule has 2 unspecified atom stereocenters. The number of benzene rings is 1. The molecule has 1 aliphatic rings. The Kier molecular flexibility index (Phi) is 5.05. The highest BCUT2D eigenvalue weighted by molar-refractivity contribution is 6.30. The summed E-state index contributed by atoms with van der Waals surface area (Å²) in [6.45, 7) is 3.22. The minimum absolute atomic E-state index is 0.0295. The second-order valence-corrected chi connectivity index (χ2v) is 5.23. The van der Waals surface area contributed by atoms with Gasteiger partial charge in [0.1, 0.15) is 0 Å². The molecule has 1 aromatic rings. The maximum absolute atomic E-state index is 11.8. The summed E-state index contributed by atoms with van der Waals surface area (Å²) < 4.78 is 5.53. The average molecular weight is 283 g/mol. The van der Waals surface area contributed by atoms with Crippen LogP contribution < -0.4 is 10.6 Å². The van der Waals surface area contributed by atoms with Gasteiger partial charge >= 0.3 is 6.03 Å². The Morgan fingerprint density at radius 2 is 2.42 bits per heavy atom. The van der Waals surface area contributed by atoms with Crippen molar-refractivity contribution in [1.29, 1.82) is 0 Å². The van der Waals surface area contributed by atoms with Crippen molar-refractivity contribution in [2.24, 2.45) is 0 Å². The van der Waals surface area contributed by atoms with Crippen LogP contribution in [0.25, 0.3) is 0 Å². The minimum Gasteiger partial charge on any atom is -0.376 e. The summed E-state index contributed by atoms with van der Waals surface area (Å²) in [6.07, 6.45) is 2.22. The van der Waals surface area contributed by atoms with Crippen molar-refractivity contribution in [3.05, 3.63) is 34.9 Å². The van der Waals surface area contributed by atoms with E-state index in [-0.39, 0.29) is 18.2 Å². The predicted molar refractivity (Wildman–Crippen MR) is 75.3 cm³/mol. The highest BCUT2D eigenvalue weighted by Crippen LogP contribution is 2.15. The molecule has 2 atom stereocenters. The minimum atomic E-state index is -0.178. The van der Waals surface area contributed by atoms with E-state index < -0.39 is 0 Å². The summed E-state index contributed by atoms with van der Waals surface area (Å²) in [4.78, 5) is 11.8. The van der Waals surface area contributed by atoms with E-state index in [2.05, 4.69) is 10.6 Å². The monoisotopic (exact) mass is 282 g/mol. The predicted octanol–water partition coefficient (Wildman–Crippen LogP) is 2.71. The van der Waals surface area contributed by atoms with Crippen LogP contribution in [0.4, 0.5) is 4.79 Å². The maximum Gasteiger partial charge on any atom is 0.315 e. The van der Waals surface area contributed by atoms with Crippen LogP contribution in [0.15, 0.2) is 24.3 Å². The van der Waals surface area contributed by atoms with Gasteiger partial charge < -0.3 is 15.4 Å². The Morgan fingerprint density at radius 3 is 3.11 bits per heavy atom. The third-order valence-corrected chi connectivity index (χ3v) is 3.46. The molecule has 0 aromatic heterocycles. The van der Waals surface area contributed by atoms with Crippen LogP contribution >= 0.6 is 11.6 Å². The van der Waals surface area contributed by atoms with Crippen molar-refractivity contribution < 1.29 is 9.53 Å². The van der Waals surface area contributed by atoms with Gasteiger partial charge in [0.25, 0.3) is 0 Å². The zero-order valence-corrected chi connectivity index (χ0v) is 11.7. The smallest absolute Gasteiger partial charge is 0.315 e. The first-order valence-electron chi connectivity index (χ1n) is 6.55. The number of nitrogens with one attached hydrogen (secondary N) is 2. The first-order valence-corrected chi connectivity index (χ1v) is 6.93. The molecule has 2 rings (SSSR count). The quantitative estimate of drug-likeness (QED) is 0.892. The fraction of sp³-hybridized carbons (Fsp3) is 0.500. The molecule has 1 heterocycles. The topological polar surface area (TPSA) is 50.4 Å². The van der Waals surface area contributed by atoms with Gasteiger partial charge in [-0.25, -0.2) is 4.79 Å². The van der Waals surface area contributed by atoms with Crippen molar-refractivity contribution in [2.75, 3.05) is 6.61 Å². The number of carbonyl (C=O) groups is 1. The maximum atomic E-state index is 11.8. The van der Waals surface area contributed by atoms with Crippen molar-refractivity contribution in [2.45, 2.75) is 38.5 Å². The molecule has 2 amide bonds. The van der Waals surface area contributed by atoms with Crippen molar-refractivity contribution >= 4 is 17.6 Å². The number of amides is 2. The van der Waals surface area contributed by atoms with Gasteiger partial charge in [-0.1, -0.05) is 23.7 Å². The molecule has 104 valence electrons. The second kappa shape index (κ2) is 6.78. The highest BCUT2D eigenvalue weighted by atomic mass is 35.5. The van der Waals surface area contributed by atoms with Crippen molar-refractivity contribution in [3.8, 4) is 0 Å². The van der Waals surface area contributed by atoms with Crippen LogP contribution in [0.1, 0.15) is 25.3 Å². The average Bonchev–Trinajstić information content (AvgIpc) is 2.90. The zero-order valence-electron chi connectivity index (χ0n) is 11.0. The molecular weight excluding hydrogens is 264 g/mol. The van der Waals surface area contributed by atoms with Crippen LogP contribution in [0, 0.1) is 0 Å². The van der Waals surface area contributed by atoms with Gasteiger partial charge in [-0.2, -0.15) is 0 Å². The molecule has 0 spiro atoms. The first kappa shape index (κ1) is 14.2. The van der Waals surface area contributed by atoms with E-state index in [1.807, 2.05) is 31.2 Å². The van der Waals surface area contributed by atoms with E-state index in [0.29, 0.717) is 11.6 Å². The molecule has 4 nitrogen and oxygen atoms in total. The molecule has 5 heteroatoms. The summed E-state index contributed by atoms with van der Waals surface area (Å²) in [5.41, 5.74) is 0.979. The lowest BCUT2D eigenvalue weighted by Crippen LogP contribution is -2.45. The largest absolute Gasteiger partial charge is 0.376 e.